The lowest BCUT2D eigenvalue weighted by molar-refractivity contribution is -0.154. The highest BCUT2D eigenvalue weighted by Gasteiger charge is 2.27. The zero-order chi connectivity index (χ0) is 47.8. The summed E-state index contributed by atoms with van der Waals surface area (Å²) < 4.78 is 16.3. The molecule has 8 N–H and O–H groups in total. The maximum absolute atomic E-state index is 13.1. The summed E-state index contributed by atoms with van der Waals surface area (Å²) >= 11 is 0. The molecule has 5 rings (SSSR count). The van der Waals surface area contributed by atoms with Crippen molar-refractivity contribution in [2.75, 3.05) is 31.1 Å². The van der Waals surface area contributed by atoms with Gasteiger partial charge in [0.05, 0.1) is 6.42 Å². The van der Waals surface area contributed by atoms with Crippen LogP contribution in [0, 0.1) is 0 Å². The van der Waals surface area contributed by atoms with Gasteiger partial charge >= 0.3 is 17.9 Å². The van der Waals surface area contributed by atoms with Gasteiger partial charge in [-0.05, 0) is 41.6 Å². The Morgan fingerprint density at radius 3 is 1.46 bits per heavy atom. The van der Waals surface area contributed by atoms with Crippen LogP contribution >= 0.6 is 0 Å². The van der Waals surface area contributed by atoms with Gasteiger partial charge in [-0.3, -0.25) is 28.8 Å². The first-order valence-electron chi connectivity index (χ1n) is 21.6. The molecule has 0 bridgehead atoms. The maximum Gasteiger partial charge on any atom is 0.329 e. The molecule has 0 saturated carbocycles. The summed E-state index contributed by atoms with van der Waals surface area (Å²) in [5.41, 5.74) is 14.5. The van der Waals surface area contributed by atoms with Crippen LogP contribution in [0.15, 0.2) is 121 Å². The normalized spacial score (nSPS) is 11.6. The second-order valence-electron chi connectivity index (χ2n) is 15.2. The summed E-state index contributed by atoms with van der Waals surface area (Å²) in [5.74, 6) is -5.31. The van der Waals surface area contributed by atoms with Crippen molar-refractivity contribution in [1.82, 2.24) is 31.2 Å². The first-order chi connectivity index (χ1) is 32.4. The third-order valence-electron chi connectivity index (χ3n) is 9.98. The Kier molecular flexibility index (Phi) is 19.9. The number of benzene rings is 4. The summed E-state index contributed by atoms with van der Waals surface area (Å²) in [6, 6.07) is 34.2. The molecule has 350 valence electrons. The van der Waals surface area contributed by atoms with Gasteiger partial charge in [0.1, 0.15) is 37.7 Å². The molecule has 0 aliphatic rings. The predicted octanol–water partition coefficient (Wildman–Crippen LogP) is 3.54. The first kappa shape index (κ1) is 50.0. The number of nitrogens with zero attached hydrogens (tertiary/aromatic N) is 2. The smallest absolute Gasteiger partial charge is 0.329 e. The van der Waals surface area contributed by atoms with Crippen LogP contribution in [0.1, 0.15) is 75.3 Å². The number of nitrogens with one attached hydrogen (secondary N) is 4. The number of carbonyl (C=O) groups excluding carboxylic acids is 7. The molecule has 4 aromatic carbocycles. The number of aryl methyl sites for hydroxylation is 1. The first-order valence-corrected chi connectivity index (χ1v) is 21.6. The van der Waals surface area contributed by atoms with Crippen LogP contribution in [0.5, 0.6) is 0 Å². The highest BCUT2D eigenvalue weighted by atomic mass is 16.5. The van der Waals surface area contributed by atoms with E-state index < -0.39 is 65.0 Å². The molecule has 2 atom stereocenters. The average Bonchev–Trinajstić information content (AvgIpc) is 3.34. The molecule has 0 aliphatic carbocycles. The van der Waals surface area contributed by atoms with Crippen molar-refractivity contribution in [3.8, 4) is 0 Å². The van der Waals surface area contributed by atoms with Gasteiger partial charge in [0.25, 0.3) is 11.8 Å². The number of hydrogen-bond donors (Lipinski definition) is 6. The second kappa shape index (κ2) is 26.7. The molecule has 0 aliphatic heterocycles. The van der Waals surface area contributed by atoms with Crippen molar-refractivity contribution >= 4 is 53.0 Å². The number of nitrogens with two attached hydrogens (primary N) is 2. The van der Waals surface area contributed by atoms with Crippen molar-refractivity contribution in [1.29, 1.82) is 0 Å². The van der Waals surface area contributed by atoms with Crippen molar-refractivity contribution in [2.45, 2.75) is 70.4 Å². The fourth-order valence-electron chi connectivity index (χ4n) is 6.40. The largest absolute Gasteiger partial charge is 0.461 e. The lowest BCUT2D eigenvalue weighted by atomic mass is 10.0. The molecule has 3 amide bonds. The van der Waals surface area contributed by atoms with E-state index in [-0.39, 0.29) is 76.6 Å². The number of hydrogen-bond acceptors (Lipinski definition) is 15. The number of anilines is 2. The zero-order valence-corrected chi connectivity index (χ0v) is 36.8. The van der Waals surface area contributed by atoms with Crippen LogP contribution in [0.2, 0.25) is 0 Å². The van der Waals surface area contributed by atoms with Crippen molar-refractivity contribution in [3.63, 3.8) is 0 Å². The van der Waals surface area contributed by atoms with Gasteiger partial charge in [0, 0.05) is 32.4 Å². The summed E-state index contributed by atoms with van der Waals surface area (Å²) in [4.78, 5) is 98.8. The average molecular weight is 915 g/mol. The van der Waals surface area contributed by atoms with Gasteiger partial charge in [-0.25, -0.2) is 14.8 Å². The van der Waals surface area contributed by atoms with Gasteiger partial charge < -0.3 is 46.9 Å². The fraction of sp³-hybridized carbons (Fsp3) is 0.286. The van der Waals surface area contributed by atoms with Crippen LogP contribution in [-0.4, -0.2) is 83.1 Å². The molecule has 18 heteroatoms. The van der Waals surface area contributed by atoms with Crippen LogP contribution in [0.4, 0.5) is 11.6 Å². The van der Waals surface area contributed by atoms with Gasteiger partial charge in [0.15, 0.2) is 23.0 Å². The number of aromatic nitrogens is 2. The minimum Gasteiger partial charge on any atom is -0.461 e. The molecule has 0 saturated heterocycles. The van der Waals surface area contributed by atoms with E-state index in [9.17, 15) is 33.6 Å². The molecular weight excluding hydrogens is 861 g/mol. The number of carbonyl (C=O) groups is 7. The number of nitrogen functional groups attached to an aromatic ring is 2. The lowest BCUT2D eigenvalue weighted by Crippen LogP contribution is -2.44. The van der Waals surface area contributed by atoms with E-state index in [1.807, 2.05) is 84.9 Å². The molecule has 18 nitrogen and oxygen atoms in total. The topological polar surface area (TPSA) is 273 Å². The van der Waals surface area contributed by atoms with Crippen molar-refractivity contribution in [3.05, 3.63) is 155 Å². The molecule has 1 heterocycles. The second-order valence-corrected chi connectivity index (χ2v) is 15.2. The Bertz CT molecular complexity index is 2430. The van der Waals surface area contributed by atoms with Gasteiger partial charge in [-0.1, -0.05) is 121 Å². The number of ketones is 1. The van der Waals surface area contributed by atoms with E-state index >= 15 is 0 Å². The Balaban J connectivity index is 1.07. The van der Waals surface area contributed by atoms with E-state index in [1.54, 1.807) is 36.4 Å². The number of rotatable bonds is 26. The number of amides is 3. The summed E-state index contributed by atoms with van der Waals surface area (Å²) in [7, 11) is 0. The molecule has 1 aromatic heterocycles. The molecular formula is C49H54N8O10. The minimum absolute atomic E-state index is 0.00661. The molecule has 5 aromatic rings. The number of Topliss-reactive ketones (excluding diaryl/α,β-unsaturated/α-hetero) is 1. The Morgan fingerprint density at radius 2 is 0.955 bits per heavy atom. The van der Waals surface area contributed by atoms with Crippen molar-refractivity contribution in [2.24, 2.45) is 0 Å². The predicted molar refractivity (Wildman–Crippen MR) is 246 cm³/mol. The quantitative estimate of drug-likeness (QED) is 0.0263. The molecule has 0 radical (unpaired) electrons. The molecule has 1 unspecified atom stereocenters. The standard InChI is InChI=1S/C49H54N8O10/c50-44-42(46(61)53-26-13-25-52-38(48(63)66-31-35-18-9-3-10-19-35)29-41(60)65-30-34-16-7-2-8-17-34)56-45(51)43(57-44)47(62)54-27-24-40(59)55-39(49(64)67-32-36-20-11-4-12-21-36)28-37(58)23-22-33-14-5-1-6-15-33/h1-12,14-21,38-39,52H,13,22-32H2,(H2,50,57)(H2,51,56)(H,53,61)(H,54,62)(H,55,59)/t38-,39?/m1/s1. The van der Waals surface area contributed by atoms with E-state index in [2.05, 4.69) is 31.2 Å². The summed E-state index contributed by atoms with van der Waals surface area (Å²) in [5, 5.41) is 10.7. The third kappa shape index (κ3) is 17.5. The van der Waals surface area contributed by atoms with E-state index in [0.29, 0.717) is 12.8 Å². The van der Waals surface area contributed by atoms with Crippen LogP contribution < -0.4 is 32.7 Å². The summed E-state index contributed by atoms with van der Waals surface area (Å²) in [6.45, 7) is 0.0233. The molecule has 0 spiro atoms. The van der Waals surface area contributed by atoms with Crippen LogP contribution in [0.3, 0.4) is 0 Å². The van der Waals surface area contributed by atoms with Crippen LogP contribution in [-0.2, 0) is 64.4 Å². The van der Waals surface area contributed by atoms with Gasteiger partial charge in [-0.15, -0.1) is 0 Å². The Hall–Kier alpha value is -7.99. The third-order valence-corrected chi connectivity index (χ3v) is 9.98. The number of ether oxygens (including phenoxy) is 3. The lowest BCUT2D eigenvalue weighted by Gasteiger charge is -2.18. The van der Waals surface area contributed by atoms with Crippen LogP contribution in [0.25, 0.3) is 0 Å². The van der Waals surface area contributed by atoms with E-state index in [4.69, 9.17) is 25.7 Å². The van der Waals surface area contributed by atoms with E-state index in [0.717, 1.165) is 22.3 Å². The zero-order valence-electron chi connectivity index (χ0n) is 36.8. The summed E-state index contributed by atoms with van der Waals surface area (Å²) in [6.07, 6.45) is 0.0237. The highest BCUT2D eigenvalue weighted by molar-refractivity contribution is 6.01. The Labute approximate surface area is 387 Å². The SMILES string of the molecule is Nc1nc(C(=O)NCCC(=O)NC(CC(=O)CCc2ccccc2)C(=O)OCc2ccccc2)c(N)nc1C(=O)NCCCN[C@H](CC(=O)OCc1ccccc1)C(=O)OCc1ccccc1. The Morgan fingerprint density at radius 1 is 0.507 bits per heavy atom. The molecule has 0 fully saturated rings. The fourth-order valence-corrected chi connectivity index (χ4v) is 6.40. The maximum atomic E-state index is 13.1. The van der Waals surface area contributed by atoms with Gasteiger partial charge in [0.2, 0.25) is 5.91 Å². The van der Waals surface area contributed by atoms with Crippen molar-refractivity contribution < 1.29 is 47.8 Å². The number of esters is 3. The molecule has 67 heavy (non-hydrogen) atoms. The minimum atomic E-state index is -1.27. The van der Waals surface area contributed by atoms with Gasteiger partial charge in [-0.2, -0.15) is 0 Å². The highest BCUT2D eigenvalue weighted by Crippen LogP contribution is 2.14. The monoisotopic (exact) mass is 914 g/mol. The van der Waals surface area contributed by atoms with E-state index in [1.165, 1.54) is 0 Å².